The molecule has 1 aromatic carbocycles. The van der Waals surface area contributed by atoms with E-state index in [0.29, 0.717) is 6.42 Å². The lowest BCUT2D eigenvalue weighted by Gasteiger charge is -2.07. The van der Waals surface area contributed by atoms with Crippen LogP contribution >= 0.6 is 11.3 Å². The molecular formula is C12H13FN2O3S2. The van der Waals surface area contributed by atoms with Crippen LogP contribution in [0.15, 0.2) is 34.7 Å². The van der Waals surface area contributed by atoms with Crippen LogP contribution in [0.3, 0.4) is 0 Å². The van der Waals surface area contributed by atoms with E-state index in [9.17, 15) is 12.8 Å². The third-order valence-electron chi connectivity index (χ3n) is 2.61. The van der Waals surface area contributed by atoms with Crippen LogP contribution < -0.4 is 4.72 Å². The van der Waals surface area contributed by atoms with Gasteiger partial charge in [-0.15, -0.1) is 11.3 Å². The molecule has 0 aliphatic heterocycles. The zero-order valence-corrected chi connectivity index (χ0v) is 12.0. The Kier molecular flexibility index (Phi) is 4.81. The number of halogens is 1. The zero-order valence-electron chi connectivity index (χ0n) is 10.4. The number of benzene rings is 1. The minimum absolute atomic E-state index is 0.0483. The van der Waals surface area contributed by atoms with Crippen molar-refractivity contribution in [3.8, 4) is 0 Å². The fraction of sp³-hybridized carbons (Fsp3) is 0.250. The van der Waals surface area contributed by atoms with Gasteiger partial charge in [0.25, 0.3) is 0 Å². The number of rotatable bonds is 6. The molecule has 0 bridgehead atoms. The van der Waals surface area contributed by atoms with Crippen LogP contribution in [0.25, 0.3) is 0 Å². The van der Waals surface area contributed by atoms with Crippen molar-refractivity contribution in [1.82, 2.24) is 9.71 Å². The maximum Gasteiger partial charge on any atom is 0.240 e. The van der Waals surface area contributed by atoms with Crippen LogP contribution in [-0.4, -0.2) is 25.1 Å². The minimum Gasteiger partial charge on any atom is -0.392 e. The highest BCUT2D eigenvalue weighted by molar-refractivity contribution is 7.89. The summed E-state index contributed by atoms with van der Waals surface area (Å²) in [5.41, 5.74) is -0.0483. The third kappa shape index (κ3) is 3.60. The van der Waals surface area contributed by atoms with Gasteiger partial charge in [-0.3, -0.25) is 0 Å². The molecule has 0 saturated heterocycles. The van der Waals surface area contributed by atoms with E-state index in [1.165, 1.54) is 17.4 Å². The normalized spacial score (nSPS) is 11.7. The Hall–Kier alpha value is -1.35. The molecule has 0 spiro atoms. The molecule has 0 amide bonds. The minimum atomic E-state index is -3.71. The maximum atomic E-state index is 13.2. The molecule has 8 heteroatoms. The first kappa shape index (κ1) is 15.0. The van der Waals surface area contributed by atoms with Crippen LogP contribution in [0.2, 0.25) is 0 Å². The topological polar surface area (TPSA) is 79.3 Å². The van der Waals surface area contributed by atoms with E-state index < -0.39 is 22.4 Å². The van der Waals surface area contributed by atoms with E-state index in [-0.39, 0.29) is 17.0 Å². The first-order valence-corrected chi connectivity index (χ1v) is 8.16. The first-order chi connectivity index (χ1) is 9.53. The Bertz CT molecular complexity index is 672. The number of thiazole rings is 1. The number of aromatic nitrogens is 1. The molecule has 0 radical (unpaired) electrons. The molecule has 5 nitrogen and oxygen atoms in total. The molecule has 0 aliphatic rings. The Morgan fingerprint density at radius 3 is 2.85 bits per heavy atom. The molecule has 2 N–H and O–H groups in total. The average Bonchev–Trinajstić information content (AvgIpc) is 2.92. The number of nitrogens with one attached hydrogen (secondary N) is 1. The maximum absolute atomic E-state index is 13.2. The van der Waals surface area contributed by atoms with Gasteiger partial charge in [-0.05, 0) is 18.2 Å². The highest BCUT2D eigenvalue weighted by Crippen LogP contribution is 2.15. The SMILES string of the molecule is O=S(=O)(NCCc1nccs1)c1ccc(F)c(CO)c1. The van der Waals surface area contributed by atoms with Crippen molar-refractivity contribution in [2.45, 2.75) is 17.9 Å². The summed E-state index contributed by atoms with van der Waals surface area (Å²) >= 11 is 1.45. The molecule has 1 aromatic heterocycles. The molecular weight excluding hydrogens is 303 g/mol. The van der Waals surface area contributed by atoms with Crippen LogP contribution in [0.4, 0.5) is 4.39 Å². The zero-order chi connectivity index (χ0) is 14.6. The molecule has 1 heterocycles. The Balaban J connectivity index is 2.06. The molecule has 2 rings (SSSR count). The van der Waals surface area contributed by atoms with Crippen LogP contribution in [0.1, 0.15) is 10.6 Å². The predicted molar refractivity (Wildman–Crippen MR) is 73.3 cm³/mol. The third-order valence-corrected chi connectivity index (χ3v) is 4.91. The standard InChI is InChI=1S/C12H13FN2O3S2/c13-11-2-1-10(7-9(11)8-16)20(17,18)15-4-3-12-14-5-6-19-12/h1-2,5-7,15-16H,3-4,8H2. The van der Waals surface area contributed by atoms with Crippen molar-refractivity contribution in [1.29, 1.82) is 0 Å². The summed E-state index contributed by atoms with van der Waals surface area (Å²) in [6.07, 6.45) is 2.15. The highest BCUT2D eigenvalue weighted by atomic mass is 32.2. The number of aliphatic hydroxyl groups is 1. The predicted octanol–water partition coefficient (Wildman–Crippen LogP) is 1.30. The number of aliphatic hydroxyl groups excluding tert-OH is 1. The van der Waals surface area contributed by atoms with Gasteiger partial charge in [0, 0.05) is 30.1 Å². The fourth-order valence-electron chi connectivity index (χ4n) is 1.59. The van der Waals surface area contributed by atoms with Gasteiger partial charge in [0.1, 0.15) is 5.82 Å². The summed E-state index contributed by atoms with van der Waals surface area (Å²) in [5, 5.41) is 11.6. The van der Waals surface area contributed by atoms with Gasteiger partial charge in [0.2, 0.25) is 10.0 Å². The number of sulfonamides is 1. The second-order valence-corrected chi connectivity index (χ2v) is 6.73. The summed E-state index contributed by atoms with van der Waals surface area (Å²) in [4.78, 5) is 3.98. The molecule has 0 unspecified atom stereocenters. The van der Waals surface area contributed by atoms with Crippen molar-refractivity contribution in [2.75, 3.05) is 6.54 Å². The molecule has 2 aromatic rings. The summed E-state index contributed by atoms with van der Waals surface area (Å²) in [6, 6.07) is 3.32. The summed E-state index contributed by atoms with van der Waals surface area (Å²) in [5.74, 6) is -0.630. The Morgan fingerprint density at radius 1 is 1.40 bits per heavy atom. The lowest BCUT2D eigenvalue weighted by Crippen LogP contribution is -2.26. The fourth-order valence-corrected chi connectivity index (χ4v) is 3.29. The van der Waals surface area contributed by atoms with Gasteiger partial charge in [0.05, 0.1) is 16.5 Å². The second kappa shape index (κ2) is 6.40. The van der Waals surface area contributed by atoms with Crippen molar-refractivity contribution in [2.24, 2.45) is 0 Å². The molecule has 0 atom stereocenters. The molecule has 108 valence electrons. The van der Waals surface area contributed by atoms with E-state index >= 15 is 0 Å². The van der Waals surface area contributed by atoms with Crippen LogP contribution in [0, 0.1) is 5.82 Å². The van der Waals surface area contributed by atoms with Gasteiger partial charge in [-0.25, -0.2) is 22.5 Å². The Morgan fingerprint density at radius 2 is 2.20 bits per heavy atom. The van der Waals surface area contributed by atoms with Crippen molar-refractivity contribution in [3.63, 3.8) is 0 Å². The largest absolute Gasteiger partial charge is 0.392 e. The van der Waals surface area contributed by atoms with Gasteiger partial charge in [-0.1, -0.05) is 0 Å². The van der Waals surface area contributed by atoms with Gasteiger partial charge in [0.15, 0.2) is 0 Å². The molecule has 20 heavy (non-hydrogen) atoms. The second-order valence-electron chi connectivity index (χ2n) is 3.98. The van der Waals surface area contributed by atoms with Gasteiger partial charge < -0.3 is 5.11 Å². The highest BCUT2D eigenvalue weighted by Gasteiger charge is 2.15. The lowest BCUT2D eigenvalue weighted by molar-refractivity contribution is 0.275. The van der Waals surface area contributed by atoms with E-state index in [4.69, 9.17) is 5.11 Å². The number of nitrogens with zero attached hydrogens (tertiary/aromatic N) is 1. The summed E-state index contributed by atoms with van der Waals surface area (Å²) < 4.78 is 39.6. The van der Waals surface area contributed by atoms with Gasteiger partial charge in [-0.2, -0.15) is 0 Å². The van der Waals surface area contributed by atoms with Gasteiger partial charge >= 0.3 is 0 Å². The summed E-state index contributed by atoms with van der Waals surface area (Å²) in [7, 11) is -3.71. The van der Waals surface area contributed by atoms with E-state index in [1.54, 1.807) is 6.20 Å². The Labute approximate surface area is 120 Å². The van der Waals surface area contributed by atoms with E-state index in [1.807, 2.05) is 5.38 Å². The molecule has 0 saturated carbocycles. The quantitative estimate of drug-likeness (QED) is 0.842. The van der Waals surface area contributed by atoms with E-state index in [2.05, 4.69) is 9.71 Å². The molecule has 0 fully saturated rings. The monoisotopic (exact) mass is 316 g/mol. The number of hydrogen-bond acceptors (Lipinski definition) is 5. The summed E-state index contributed by atoms with van der Waals surface area (Å²) in [6.45, 7) is -0.337. The molecule has 0 aliphatic carbocycles. The van der Waals surface area contributed by atoms with Crippen LogP contribution in [0.5, 0.6) is 0 Å². The lowest BCUT2D eigenvalue weighted by atomic mass is 10.2. The van der Waals surface area contributed by atoms with Crippen LogP contribution in [-0.2, 0) is 23.1 Å². The van der Waals surface area contributed by atoms with Crippen molar-refractivity contribution < 1.29 is 17.9 Å². The number of hydrogen-bond donors (Lipinski definition) is 2. The van der Waals surface area contributed by atoms with E-state index in [0.717, 1.165) is 17.1 Å². The van der Waals surface area contributed by atoms with Crippen molar-refractivity contribution in [3.05, 3.63) is 46.2 Å². The average molecular weight is 316 g/mol. The van der Waals surface area contributed by atoms with Crippen molar-refractivity contribution >= 4 is 21.4 Å². The first-order valence-electron chi connectivity index (χ1n) is 5.80. The smallest absolute Gasteiger partial charge is 0.240 e.